The van der Waals surface area contributed by atoms with Gasteiger partial charge in [0.2, 0.25) is 0 Å². The fourth-order valence-electron chi connectivity index (χ4n) is 2.38. The number of carbonyl (C=O) groups is 1. The lowest BCUT2D eigenvalue weighted by Crippen LogP contribution is -2.40. The van der Waals surface area contributed by atoms with Crippen LogP contribution in [0.3, 0.4) is 0 Å². The molecule has 1 saturated heterocycles. The van der Waals surface area contributed by atoms with Gasteiger partial charge >= 0.3 is 0 Å². The fraction of sp³-hybridized carbons (Fsp3) is 0.500. The monoisotopic (exact) mass is 306 g/mol. The molecule has 2 aromatic heterocycles. The Morgan fingerprint density at radius 2 is 2.48 bits per heavy atom. The van der Waals surface area contributed by atoms with Crippen LogP contribution in [0.4, 0.5) is 0 Å². The number of thiazole rings is 1. The van der Waals surface area contributed by atoms with Crippen LogP contribution in [0, 0.1) is 0 Å². The zero-order valence-electron chi connectivity index (χ0n) is 12.1. The van der Waals surface area contributed by atoms with E-state index < -0.39 is 0 Å². The number of carbonyl (C=O) groups excluding carboxylic acids is 1. The average molecular weight is 306 g/mol. The van der Waals surface area contributed by atoms with Gasteiger partial charge in [0.25, 0.3) is 5.91 Å². The van der Waals surface area contributed by atoms with E-state index in [1.165, 1.54) is 11.3 Å². The van der Waals surface area contributed by atoms with Crippen LogP contribution < -0.4 is 5.32 Å². The largest absolute Gasteiger partial charge is 0.373 e. The Hall–Kier alpha value is -1.73. The first-order valence-corrected chi connectivity index (χ1v) is 7.80. The van der Waals surface area contributed by atoms with Crippen molar-refractivity contribution in [2.45, 2.75) is 25.4 Å². The minimum atomic E-state index is -0.238. The standard InChI is InChI=1S/C14H18N4O2S/c1-14(4-3-5-20-14)9-15-12(19)11-8-21-13(17-11)10-6-16-18(2)7-10/h6-8H,3-5,9H2,1-2H3,(H,15,19). The van der Waals surface area contributed by atoms with Crippen molar-refractivity contribution < 1.29 is 9.53 Å². The number of hydrogen-bond acceptors (Lipinski definition) is 5. The Morgan fingerprint density at radius 1 is 1.62 bits per heavy atom. The molecule has 0 aromatic carbocycles. The summed E-state index contributed by atoms with van der Waals surface area (Å²) in [4.78, 5) is 16.5. The smallest absolute Gasteiger partial charge is 0.270 e. The lowest BCUT2D eigenvalue weighted by molar-refractivity contribution is 0.0205. The number of ether oxygens (including phenoxy) is 1. The number of aromatic nitrogens is 3. The molecule has 0 aliphatic carbocycles. The second-order valence-corrected chi connectivity index (χ2v) is 6.38. The van der Waals surface area contributed by atoms with Gasteiger partial charge < -0.3 is 10.1 Å². The lowest BCUT2D eigenvalue weighted by Gasteiger charge is -2.22. The van der Waals surface area contributed by atoms with E-state index in [0.717, 1.165) is 30.0 Å². The molecule has 1 atom stereocenters. The van der Waals surface area contributed by atoms with Crippen molar-refractivity contribution in [3.8, 4) is 10.6 Å². The summed E-state index contributed by atoms with van der Waals surface area (Å²) in [7, 11) is 1.85. The molecular weight excluding hydrogens is 288 g/mol. The third-order valence-corrected chi connectivity index (χ3v) is 4.50. The molecule has 6 nitrogen and oxygen atoms in total. The molecule has 0 saturated carbocycles. The van der Waals surface area contributed by atoms with Crippen molar-refractivity contribution >= 4 is 17.2 Å². The Bertz CT molecular complexity index is 643. The quantitative estimate of drug-likeness (QED) is 0.936. The van der Waals surface area contributed by atoms with Crippen molar-refractivity contribution in [2.75, 3.05) is 13.2 Å². The van der Waals surface area contributed by atoms with E-state index in [1.54, 1.807) is 16.3 Å². The highest BCUT2D eigenvalue weighted by atomic mass is 32.1. The highest BCUT2D eigenvalue weighted by Crippen LogP contribution is 2.25. The maximum Gasteiger partial charge on any atom is 0.270 e. The zero-order valence-corrected chi connectivity index (χ0v) is 12.9. The van der Waals surface area contributed by atoms with Crippen LogP contribution in [0.5, 0.6) is 0 Å². The van der Waals surface area contributed by atoms with Crippen molar-refractivity contribution in [1.29, 1.82) is 0 Å². The van der Waals surface area contributed by atoms with Gasteiger partial charge in [-0.15, -0.1) is 11.3 Å². The molecule has 0 radical (unpaired) electrons. The summed E-state index contributed by atoms with van der Waals surface area (Å²) in [5.41, 5.74) is 1.13. The Labute approximate surface area is 127 Å². The van der Waals surface area contributed by atoms with Gasteiger partial charge in [-0.1, -0.05) is 0 Å². The number of amides is 1. The minimum absolute atomic E-state index is 0.155. The molecule has 21 heavy (non-hydrogen) atoms. The van der Waals surface area contributed by atoms with E-state index >= 15 is 0 Å². The van der Waals surface area contributed by atoms with Gasteiger partial charge in [-0.2, -0.15) is 5.10 Å². The third kappa shape index (κ3) is 3.14. The second-order valence-electron chi connectivity index (χ2n) is 5.53. The lowest BCUT2D eigenvalue weighted by atomic mass is 10.0. The second kappa shape index (κ2) is 5.57. The number of aryl methyl sites for hydroxylation is 1. The van der Waals surface area contributed by atoms with Gasteiger partial charge in [0.1, 0.15) is 10.7 Å². The maximum absolute atomic E-state index is 12.2. The number of nitrogens with zero attached hydrogens (tertiary/aromatic N) is 3. The van der Waals surface area contributed by atoms with Crippen LogP contribution in [0.25, 0.3) is 10.6 Å². The fourth-order valence-corrected chi connectivity index (χ4v) is 3.15. The molecule has 3 rings (SSSR count). The van der Waals surface area contributed by atoms with E-state index in [0.29, 0.717) is 12.2 Å². The minimum Gasteiger partial charge on any atom is -0.373 e. The molecule has 1 N–H and O–H groups in total. The van der Waals surface area contributed by atoms with Crippen LogP contribution in [-0.4, -0.2) is 39.4 Å². The predicted molar refractivity (Wildman–Crippen MR) is 80.2 cm³/mol. The van der Waals surface area contributed by atoms with Crippen LogP contribution in [0.15, 0.2) is 17.8 Å². The van der Waals surface area contributed by atoms with E-state index in [9.17, 15) is 4.79 Å². The topological polar surface area (TPSA) is 69.0 Å². The predicted octanol–water partition coefficient (Wildman–Crippen LogP) is 1.84. The third-order valence-electron chi connectivity index (χ3n) is 3.61. The average Bonchev–Trinajstić information content (AvgIpc) is 3.16. The molecule has 1 amide bonds. The first-order valence-electron chi connectivity index (χ1n) is 6.92. The molecule has 1 fully saturated rings. The zero-order chi connectivity index (χ0) is 14.9. The number of nitrogens with one attached hydrogen (secondary N) is 1. The van der Waals surface area contributed by atoms with Gasteiger partial charge in [0.15, 0.2) is 0 Å². The van der Waals surface area contributed by atoms with E-state index in [2.05, 4.69) is 15.4 Å². The molecule has 0 bridgehead atoms. The molecule has 7 heteroatoms. The van der Waals surface area contributed by atoms with Crippen LogP contribution in [0.1, 0.15) is 30.3 Å². The van der Waals surface area contributed by atoms with Gasteiger partial charge in [-0.05, 0) is 19.8 Å². The molecular formula is C14H18N4O2S. The summed E-state index contributed by atoms with van der Waals surface area (Å²) in [5.74, 6) is -0.155. The Morgan fingerprint density at radius 3 is 3.14 bits per heavy atom. The van der Waals surface area contributed by atoms with Crippen LogP contribution in [-0.2, 0) is 11.8 Å². The van der Waals surface area contributed by atoms with Gasteiger partial charge in [0, 0.05) is 37.3 Å². The SMILES string of the molecule is Cn1cc(-c2nc(C(=O)NCC3(C)CCCO3)cs2)cn1. The maximum atomic E-state index is 12.2. The first kappa shape index (κ1) is 14.2. The van der Waals surface area contributed by atoms with E-state index in [4.69, 9.17) is 4.74 Å². The summed E-state index contributed by atoms with van der Waals surface area (Å²) in [5, 5.41) is 9.60. The van der Waals surface area contributed by atoms with Gasteiger partial charge in [-0.3, -0.25) is 9.48 Å². The van der Waals surface area contributed by atoms with Crippen molar-refractivity contribution in [3.63, 3.8) is 0 Å². The molecule has 1 unspecified atom stereocenters. The van der Waals surface area contributed by atoms with E-state index in [1.807, 2.05) is 20.2 Å². The van der Waals surface area contributed by atoms with Crippen molar-refractivity contribution in [2.24, 2.45) is 7.05 Å². The molecule has 112 valence electrons. The summed E-state index contributed by atoms with van der Waals surface area (Å²) in [6.07, 6.45) is 5.65. The van der Waals surface area contributed by atoms with Crippen molar-refractivity contribution in [3.05, 3.63) is 23.5 Å². The summed E-state index contributed by atoms with van der Waals surface area (Å²) in [6.45, 7) is 3.32. The van der Waals surface area contributed by atoms with Crippen LogP contribution >= 0.6 is 11.3 Å². The summed E-state index contributed by atoms with van der Waals surface area (Å²) in [6, 6.07) is 0. The summed E-state index contributed by atoms with van der Waals surface area (Å²) >= 11 is 1.44. The highest BCUT2D eigenvalue weighted by molar-refractivity contribution is 7.13. The van der Waals surface area contributed by atoms with Gasteiger partial charge in [0.05, 0.1) is 11.8 Å². The molecule has 2 aromatic rings. The van der Waals surface area contributed by atoms with Crippen LogP contribution in [0.2, 0.25) is 0 Å². The van der Waals surface area contributed by atoms with Crippen molar-refractivity contribution in [1.82, 2.24) is 20.1 Å². The Balaban J connectivity index is 1.64. The van der Waals surface area contributed by atoms with Gasteiger partial charge in [-0.25, -0.2) is 4.98 Å². The number of rotatable bonds is 4. The normalized spacial score (nSPS) is 21.6. The molecule has 0 spiro atoms. The Kier molecular flexibility index (Phi) is 3.77. The summed E-state index contributed by atoms with van der Waals surface area (Å²) < 4.78 is 7.38. The molecule has 1 aliphatic rings. The van der Waals surface area contributed by atoms with E-state index in [-0.39, 0.29) is 11.5 Å². The first-order chi connectivity index (χ1) is 10.1. The number of hydrogen-bond donors (Lipinski definition) is 1. The molecule has 3 heterocycles. The molecule has 1 aliphatic heterocycles. The highest BCUT2D eigenvalue weighted by Gasteiger charge is 2.30.